The predicted molar refractivity (Wildman–Crippen MR) is 70.2 cm³/mol. The summed E-state index contributed by atoms with van der Waals surface area (Å²) in [5.74, 6) is 0.111. The fraction of sp³-hybridized carbons (Fsp3) is 0.500. The molecule has 0 aromatic heterocycles. The van der Waals surface area contributed by atoms with E-state index < -0.39 is 0 Å². The van der Waals surface area contributed by atoms with Crippen molar-refractivity contribution < 1.29 is 4.79 Å². The third-order valence-corrected chi connectivity index (χ3v) is 3.31. The number of carbonyl (C=O) groups excluding carboxylic acids is 1. The molecular formula is C14H20N2O. The van der Waals surface area contributed by atoms with Crippen molar-refractivity contribution >= 4 is 11.6 Å². The molecule has 1 heterocycles. The minimum atomic E-state index is 0.111. The number of rotatable bonds is 3. The SMILES string of the molecule is CCC(=O)NCc1ccc2c(c1)CCCN2C. The molecule has 0 spiro atoms. The first kappa shape index (κ1) is 12.0. The minimum Gasteiger partial charge on any atom is -0.374 e. The molecular weight excluding hydrogens is 212 g/mol. The lowest BCUT2D eigenvalue weighted by Gasteiger charge is -2.27. The van der Waals surface area contributed by atoms with Crippen LogP contribution in [0.1, 0.15) is 30.9 Å². The van der Waals surface area contributed by atoms with E-state index >= 15 is 0 Å². The zero-order valence-electron chi connectivity index (χ0n) is 10.6. The molecule has 0 saturated heterocycles. The Morgan fingerprint density at radius 2 is 2.29 bits per heavy atom. The molecule has 1 aromatic rings. The Bertz CT molecular complexity index is 415. The Balaban J connectivity index is 2.08. The summed E-state index contributed by atoms with van der Waals surface area (Å²) in [5, 5.41) is 2.91. The van der Waals surface area contributed by atoms with E-state index in [4.69, 9.17) is 0 Å². The minimum absolute atomic E-state index is 0.111. The highest BCUT2D eigenvalue weighted by molar-refractivity contribution is 5.75. The molecule has 0 unspecified atom stereocenters. The molecule has 0 radical (unpaired) electrons. The van der Waals surface area contributed by atoms with Crippen molar-refractivity contribution in [1.29, 1.82) is 0 Å². The maximum atomic E-state index is 11.2. The molecule has 92 valence electrons. The Morgan fingerprint density at radius 3 is 3.06 bits per heavy atom. The number of hydrogen-bond acceptors (Lipinski definition) is 2. The monoisotopic (exact) mass is 232 g/mol. The van der Waals surface area contributed by atoms with Gasteiger partial charge in [-0.2, -0.15) is 0 Å². The van der Waals surface area contributed by atoms with Gasteiger partial charge >= 0.3 is 0 Å². The summed E-state index contributed by atoms with van der Waals surface area (Å²) in [7, 11) is 2.14. The van der Waals surface area contributed by atoms with Crippen molar-refractivity contribution in [1.82, 2.24) is 5.32 Å². The Labute approximate surface area is 103 Å². The number of nitrogens with one attached hydrogen (secondary N) is 1. The third kappa shape index (κ3) is 2.78. The standard InChI is InChI=1S/C14H20N2O/c1-3-14(17)15-10-11-6-7-13-12(9-11)5-4-8-16(13)2/h6-7,9H,3-5,8,10H2,1-2H3,(H,15,17). The molecule has 1 aliphatic rings. The first-order chi connectivity index (χ1) is 8.20. The molecule has 1 amide bonds. The second-order valence-electron chi connectivity index (χ2n) is 4.62. The number of anilines is 1. The van der Waals surface area contributed by atoms with Crippen LogP contribution < -0.4 is 10.2 Å². The van der Waals surface area contributed by atoms with Crippen LogP contribution in [0.25, 0.3) is 0 Å². The van der Waals surface area contributed by atoms with Gasteiger partial charge in [-0.15, -0.1) is 0 Å². The Hall–Kier alpha value is -1.51. The summed E-state index contributed by atoms with van der Waals surface area (Å²) in [4.78, 5) is 13.5. The molecule has 0 aliphatic carbocycles. The third-order valence-electron chi connectivity index (χ3n) is 3.31. The van der Waals surface area contributed by atoms with Crippen molar-refractivity contribution in [2.75, 3.05) is 18.5 Å². The van der Waals surface area contributed by atoms with E-state index in [2.05, 4.69) is 35.5 Å². The largest absolute Gasteiger partial charge is 0.374 e. The van der Waals surface area contributed by atoms with E-state index in [1.807, 2.05) is 6.92 Å². The Kier molecular flexibility index (Phi) is 3.67. The van der Waals surface area contributed by atoms with E-state index in [0.29, 0.717) is 13.0 Å². The lowest BCUT2D eigenvalue weighted by molar-refractivity contribution is -0.120. The quantitative estimate of drug-likeness (QED) is 0.865. The van der Waals surface area contributed by atoms with Crippen molar-refractivity contribution in [3.8, 4) is 0 Å². The number of aryl methyl sites for hydroxylation is 1. The highest BCUT2D eigenvalue weighted by Gasteiger charge is 2.13. The number of benzene rings is 1. The first-order valence-electron chi connectivity index (χ1n) is 6.30. The van der Waals surface area contributed by atoms with Crippen LogP contribution in [0.4, 0.5) is 5.69 Å². The number of amides is 1. The molecule has 0 bridgehead atoms. The molecule has 2 rings (SSSR count). The topological polar surface area (TPSA) is 32.3 Å². The van der Waals surface area contributed by atoms with Crippen molar-refractivity contribution in [2.45, 2.75) is 32.7 Å². The summed E-state index contributed by atoms with van der Waals surface area (Å²) < 4.78 is 0. The molecule has 1 N–H and O–H groups in total. The van der Waals surface area contributed by atoms with Gasteiger partial charge in [0, 0.05) is 32.2 Å². The van der Waals surface area contributed by atoms with Gasteiger partial charge in [-0.3, -0.25) is 4.79 Å². The number of nitrogens with zero attached hydrogens (tertiary/aromatic N) is 1. The number of hydrogen-bond donors (Lipinski definition) is 1. The van der Waals surface area contributed by atoms with Crippen LogP contribution in [0.3, 0.4) is 0 Å². The lowest BCUT2D eigenvalue weighted by Crippen LogP contribution is -2.25. The van der Waals surface area contributed by atoms with Crippen LogP contribution in [-0.4, -0.2) is 19.5 Å². The summed E-state index contributed by atoms with van der Waals surface area (Å²) >= 11 is 0. The van der Waals surface area contributed by atoms with Crippen molar-refractivity contribution in [3.63, 3.8) is 0 Å². The predicted octanol–water partition coefficient (Wildman–Crippen LogP) is 2.10. The van der Waals surface area contributed by atoms with Gasteiger partial charge in [-0.05, 0) is 30.0 Å². The zero-order chi connectivity index (χ0) is 12.3. The van der Waals surface area contributed by atoms with E-state index in [-0.39, 0.29) is 5.91 Å². The summed E-state index contributed by atoms with van der Waals surface area (Å²) in [6.45, 7) is 3.65. The molecule has 0 fully saturated rings. The molecule has 17 heavy (non-hydrogen) atoms. The highest BCUT2D eigenvalue weighted by atomic mass is 16.1. The van der Waals surface area contributed by atoms with Crippen LogP contribution in [0, 0.1) is 0 Å². The fourth-order valence-electron chi connectivity index (χ4n) is 2.27. The van der Waals surface area contributed by atoms with Crippen LogP contribution in [0.15, 0.2) is 18.2 Å². The summed E-state index contributed by atoms with van der Waals surface area (Å²) in [6.07, 6.45) is 2.91. The van der Waals surface area contributed by atoms with E-state index in [1.165, 1.54) is 23.2 Å². The summed E-state index contributed by atoms with van der Waals surface area (Å²) in [6, 6.07) is 6.50. The molecule has 1 aliphatic heterocycles. The van der Waals surface area contributed by atoms with Crippen LogP contribution in [0.5, 0.6) is 0 Å². The van der Waals surface area contributed by atoms with E-state index in [1.54, 1.807) is 0 Å². The molecule has 3 nitrogen and oxygen atoms in total. The van der Waals surface area contributed by atoms with E-state index in [0.717, 1.165) is 13.0 Å². The van der Waals surface area contributed by atoms with Crippen LogP contribution >= 0.6 is 0 Å². The van der Waals surface area contributed by atoms with Gasteiger partial charge < -0.3 is 10.2 Å². The van der Waals surface area contributed by atoms with Gasteiger partial charge in [0.1, 0.15) is 0 Å². The van der Waals surface area contributed by atoms with Gasteiger partial charge in [-0.25, -0.2) is 0 Å². The molecule has 1 aromatic carbocycles. The normalized spacial score (nSPS) is 14.4. The van der Waals surface area contributed by atoms with Crippen LogP contribution in [0.2, 0.25) is 0 Å². The Morgan fingerprint density at radius 1 is 1.47 bits per heavy atom. The maximum Gasteiger partial charge on any atom is 0.219 e. The fourth-order valence-corrected chi connectivity index (χ4v) is 2.27. The second kappa shape index (κ2) is 5.21. The molecule has 3 heteroatoms. The number of carbonyl (C=O) groups is 1. The van der Waals surface area contributed by atoms with Gasteiger partial charge in [0.15, 0.2) is 0 Å². The van der Waals surface area contributed by atoms with Crippen molar-refractivity contribution in [2.24, 2.45) is 0 Å². The highest BCUT2D eigenvalue weighted by Crippen LogP contribution is 2.26. The average Bonchev–Trinajstić information content (AvgIpc) is 2.36. The molecule has 0 atom stereocenters. The first-order valence-corrected chi connectivity index (χ1v) is 6.30. The van der Waals surface area contributed by atoms with Crippen molar-refractivity contribution in [3.05, 3.63) is 29.3 Å². The number of fused-ring (bicyclic) bond motifs is 1. The second-order valence-corrected chi connectivity index (χ2v) is 4.62. The average molecular weight is 232 g/mol. The van der Waals surface area contributed by atoms with Gasteiger partial charge in [-0.1, -0.05) is 19.1 Å². The van der Waals surface area contributed by atoms with E-state index in [9.17, 15) is 4.79 Å². The maximum absolute atomic E-state index is 11.2. The van der Waals surface area contributed by atoms with Gasteiger partial charge in [0.25, 0.3) is 0 Å². The summed E-state index contributed by atoms with van der Waals surface area (Å²) in [5.41, 5.74) is 3.93. The van der Waals surface area contributed by atoms with Crippen LogP contribution in [-0.2, 0) is 17.8 Å². The smallest absolute Gasteiger partial charge is 0.219 e. The molecule has 0 saturated carbocycles. The lowest BCUT2D eigenvalue weighted by atomic mass is 9.99. The van der Waals surface area contributed by atoms with Gasteiger partial charge in [0.05, 0.1) is 0 Å². The zero-order valence-corrected chi connectivity index (χ0v) is 10.6. The van der Waals surface area contributed by atoms with Gasteiger partial charge in [0.2, 0.25) is 5.91 Å².